The molecule has 0 radical (unpaired) electrons. The highest BCUT2D eigenvalue weighted by atomic mass is 28.4. The third-order valence-electron chi connectivity index (χ3n) is 23.1. The molecule has 0 spiro atoms. The molecule has 1 saturated heterocycles. The lowest BCUT2D eigenvalue weighted by Gasteiger charge is -2.67. The second-order valence-electron chi connectivity index (χ2n) is 32.1. The van der Waals surface area contributed by atoms with Gasteiger partial charge >= 0.3 is 27.1 Å². The number of ketones is 2. The van der Waals surface area contributed by atoms with Crippen molar-refractivity contribution in [1.29, 1.82) is 0 Å². The number of carbonyl (C=O) groups is 5. The van der Waals surface area contributed by atoms with Crippen molar-refractivity contribution in [2.24, 2.45) is 75.9 Å². The molecule has 1 heterocycles. The Kier molecular flexibility index (Phi) is 21.9. The number of Topliss-reactive ketones (excluding diaryl/α,β-unsaturated/α-hetero) is 2. The highest BCUT2D eigenvalue weighted by molar-refractivity contribution is 6.54. The van der Waals surface area contributed by atoms with E-state index in [4.69, 9.17) is 36.7 Å². The van der Waals surface area contributed by atoms with Crippen LogP contribution in [0.5, 0.6) is 0 Å². The molecule has 2 aromatic carbocycles. The third kappa shape index (κ3) is 14.4. The number of rotatable bonds is 20. The zero-order valence-electron chi connectivity index (χ0n) is 58.2. The third-order valence-corrected chi connectivity index (χ3v) is 25.4. The molecule has 1 amide bonds. The number of alkyl carbamates (subject to hydrolysis) is 1. The molecule has 0 aromatic heterocycles. The van der Waals surface area contributed by atoms with E-state index in [1.54, 1.807) is 71.9 Å². The number of carbonyl (C=O) groups excluding carboxylic acids is 5. The Morgan fingerprint density at radius 3 is 1.66 bits per heavy atom. The van der Waals surface area contributed by atoms with Gasteiger partial charge in [0.15, 0.2) is 17.2 Å². The maximum Gasteiger partial charge on any atom is 0.681 e. The van der Waals surface area contributed by atoms with Gasteiger partial charge in [-0.2, -0.15) is 0 Å². The summed E-state index contributed by atoms with van der Waals surface area (Å²) < 4.78 is 57.0. The van der Waals surface area contributed by atoms with Gasteiger partial charge in [-0.1, -0.05) is 150 Å². The molecule has 1 aliphatic heterocycles. The molecule has 6 fully saturated rings. The summed E-state index contributed by atoms with van der Waals surface area (Å²) in [5.41, 5.74) is -7.57. The standard InChI is InChI=1S/C74H111NO16Si/c1-41(2)52-31-28-44(7)34-56(52)88-92(89-57-35-45(8)29-32-53(57)42(3)4,90-58-36-46(9)30-33-54(58)43(5)6)91-64(62(49-24-20-18-21-25-49)75-69(82)87-70(12,13)14)55(77)37-51-39-74(83)67(85-68(81)50-26-22-19-23-27-50)65-72(17,66(80)63(79)61(47(51)10)71(74,15)16)59(78)38-60-73(65,40-84-60)86-48(11)76/h18-27,41-46,51-54,56-60,62-65,67,78-79,83H,28-40H2,1-17H3,(H,75,82)/t44?,45?,46?,51-,52?,53?,54?,56?,57?,58?,59-,60+,62-,63+,64-,65-,67-,72+,73-,74+,92?/m0/s1. The van der Waals surface area contributed by atoms with Crippen molar-refractivity contribution >= 4 is 38.6 Å². The summed E-state index contributed by atoms with van der Waals surface area (Å²) in [6, 6.07) is 16.0. The Bertz CT molecular complexity index is 2880. The average molecular weight is 1300 g/mol. The van der Waals surface area contributed by atoms with Crippen molar-refractivity contribution in [3.63, 3.8) is 0 Å². The maximum atomic E-state index is 17.1. The van der Waals surface area contributed by atoms with Crippen LogP contribution >= 0.6 is 0 Å². The van der Waals surface area contributed by atoms with Gasteiger partial charge < -0.3 is 57.3 Å². The zero-order chi connectivity index (χ0) is 67.4. The van der Waals surface area contributed by atoms with E-state index in [-0.39, 0.29) is 83.8 Å². The van der Waals surface area contributed by atoms with Crippen molar-refractivity contribution in [3.8, 4) is 0 Å². The normalized spacial score (nSPS) is 36.9. The van der Waals surface area contributed by atoms with E-state index >= 15 is 9.59 Å². The van der Waals surface area contributed by atoms with E-state index in [0.29, 0.717) is 30.4 Å². The Hall–Kier alpha value is -4.37. The fourth-order valence-electron chi connectivity index (χ4n) is 17.7. The molecule has 5 saturated carbocycles. The second kappa shape index (κ2) is 28.0. The fraction of sp³-hybridized carbons (Fsp3) is 0.743. The summed E-state index contributed by atoms with van der Waals surface area (Å²) >= 11 is 0. The van der Waals surface area contributed by atoms with Crippen LogP contribution in [0.4, 0.5) is 4.79 Å². The molecule has 9 rings (SSSR count). The molecular formula is C74H111NO16Si. The van der Waals surface area contributed by atoms with Crippen molar-refractivity contribution in [2.75, 3.05) is 6.61 Å². The molecule has 6 aliphatic carbocycles. The van der Waals surface area contributed by atoms with Crippen LogP contribution in [-0.4, -0.2) is 126 Å². The number of amides is 1. The van der Waals surface area contributed by atoms with Gasteiger partial charge in [-0.15, -0.1) is 0 Å². The molecule has 17 nitrogen and oxygen atoms in total. The van der Waals surface area contributed by atoms with Gasteiger partial charge in [0, 0.05) is 25.2 Å². The first-order chi connectivity index (χ1) is 43.1. The summed E-state index contributed by atoms with van der Waals surface area (Å²) in [6.45, 7) is 32.9. The summed E-state index contributed by atoms with van der Waals surface area (Å²) in [6.07, 6.45) is -3.15. The van der Waals surface area contributed by atoms with E-state index in [0.717, 1.165) is 38.5 Å². The van der Waals surface area contributed by atoms with Crippen molar-refractivity contribution in [2.45, 2.75) is 266 Å². The maximum absolute atomic E-state index is 17.1. The number of hydrogen-bond acceptors (Lipinski definition) is 16. The van der Waals surface area contributed by atoms with Gasteiger partial charge in [0.25, 0.3) is 0 Å². The predicted octanol–water partition coefficient (Wildman–Crippen LogP) is 12.8. The average Bonchev–Trinajstić information content (AvgIpc) is 0.671. The summed E-state index contributed by atoms with van der Waals surface area (Å²) in [7, 11) is -4.83. The van der Waals surface area contributed by atoms with E-state index in [1.807, 2.05) is 30.3 Å². The van der Waals surface area contributed by atoms with E-state index in [2.05, 4.69) is 67.6 Å². The lowest BCUT2D eigenvalue weighted by Crippen LogP contribution is -2.81. The van der Waals surface area contributed by atoms with Gasteiger partial charge in [-0.25, -0.2) is 9.59 Å². The van der Waals surface area contributed by atoms with E-state index in [9.17, 15) is 29.7 Å². The summed E-state index contributed by atoms with van der Waals surface area (Å²) in [5.74, 6) is -3.91. The highest BCUT2D eigenvalue weighted by Crippen LogP contribution is 2.65. The molecule has 9 unspecified atom stereocenters. The van der Waals surface area contributed by atoms with Gasteiger partial charge in [-0.05, 0) is 162 Å². The van der Waals surface area contributed by atoms with E-state index in [1.165, 1.54) is 13.8 Å². The molecule has 18 heteroatoms. The Labute approximate surface area is 549 Å². The van der Waals surface area contributed by atoms with Crippen molar-refractivity contribution < 1.29 is 75.9 Å². The molecule has 20 atom stereocenters. The number of aliphatic hydroxyl groups is 3. The van der Waals surface area contributed by atoms with Crippen LogP contribution in [0.3, 0.4) is 0 Å². The number of fused-ring (bicyclic) bond motifs is 5. The van der Waals surface area contributed by atoms with Crippen LogP contribution in [0.2, 0.25) is 0 Å². The quantitative estimate of drug-likeness (QED) is 0.0418. The summed E-state index contributed by atoms with van der Waals surface area (Å²) in [4.78, 5) is 76.1. The van der Waals surface area contributed by atoms with Crippen LogP contribution in [0.1, 0.15) is 217 Å². The number of benzene rings is 2. The first-order valence-electron chi connectivity index (χ1n) is 34.8. The van der Waals surface area contributed by atoms with Crippen LogP contribution in [0.25, 0.3) is 0 Å². The van der Waals surface area contributed by atoms with Crippen molar-refractivity contribution in [1.82, 2.24) is 5.32 Å². The fourth-order valence-corrected chi connectivity index (χ4v) is 20.6. The van der Waals surface area contributed by atoms with Gasteiger partial charge in [0.05, 0.1) is 54.0 Å². The SMILES string of the molecule is CC(=O)O[C@@]12CO[C@@H]1C[C@H](O)[C@@]1(C)C(=O)[C@H](O)C3=C(C)[C@@H](CC(=O)[C@H](O[Si](OC4CC(C)CCC4C(C)C)(OC4CC(C)CCC4C(C)C)OC4CC(C)CCC4C(C)C)[C@@H](NC(=O)OC(C)(C)C)c4ccccc4)C[C@@](O)([C@@H](OC(=O)c4ccccc4)[C@H]21)C3(C)C. The van der Waals surface area contributed by atoms with Crippen LogP contribution < -0.4 is 5.32 Å². The Balaban J connectivity index is 1.28. The number of aliphatic hydroxyl groups excluding tert-OH is 2. The number of ether oxygens (including phenoxy) is 4. The number of allylic oxidation sites excluding steroid dienone is 1. The molecule has 4 N–H and O–H groups in total. The minimum absolute atomic E-state index is 0.0743. The van der Waals surface area contributed by atoms with Gasteiger partial charge in [0.1, 0.15) is 35.6 Å². The van der Waals surface area contributed by atoms with E-state index < -0.39 is 139 Å². The second-order valence-corrected chi connectivity index (χ2v) is 34.0. The lowest BCUT2D eigenvalue weighted by molar-refractivity contribution is -0.345. The molecular weight excluding hydrogens is 1190 g/mol. The van der Waals surface area contributed by atoms with Crippen LogP contribution in [-0.2, 0) is 51.0 Å². The van der Waals surface area contributed by atoms with Crippen molar-refractivity contribution in [3.05, 3.63) is 82.9 Å². The molecule has 7 aliphatic rings. The highest BCUT2D eigenvalue weighted by Gasteiger charge is 2.78. The molecule has 512 valence electrons. The summed E-state index contributed by atoms with van der Waals surface area (Å²) in [5, 5.41) is 43.1. The largest absolute Gasteiger partial charge is 0.681 e. The van der Waals surface area contributed by atoms with Gasteiger partial charge in [-0.3, -0.25) is 14.4 Å². The molecule has 92 heavy (non-hydrogen) atoms. The zero-order valence-corrected chi connectivity index (χ0v) is 59.2. The topological polar surface area (TPSA) is 232 Å². The Morgan fingerprint density at radius 1 is 0.728 bits per heavy atom. The predicted molar refractivity (Wildman–Crippen MR) is 350 cm³/mol. The number of hydrogen-bond donors (Lipinski definition) is 4. The lowest BCUT2D eigenvalue weighted by atomic mass is 9.44. The monoisotopic (exact) mass is 1300 g/mol. The first-order valence-corrected chi connectivity index (χ1v) is 36.4. The number of esters is 2. The van der Waals surface area contributed by atoms with Gasteiger partial charge in [0.2, 0.25) is 0 Å². The first kappa shape index (κ1) is 71.9. The number of nitrogens with one attached hydrogen (secondary N) is 1. The minimum Gasteiger partial charge on any atom is -0.455 e. The Morgan fingerprint density at radius 2 is 1.22 bits per heavy atom. The molecule has 2 bridgehead atoms. The smallest absolute Gasteiger partial charge is 0.455 e. The minimum atomic E-state index is -4.83. The van der Waals surface area contributed by atoms with Crippen LogP contribution in [0, 0.1) is 75.9 Å². The molecule has 2 aromatic rings. The van der Waals surface area contributed by atoms with Crippen LogP contribution in [0.15, 0.2) is 71.8 Å².